The van der Waals surface area contributed by atoms with Crippen LogP contribution in [0.4, 0.5) is 0 Å². The van der Waals surface area contributed by atoms with Gasteiger partial charge in [-0.05, 0) is 59.4 Å². The molecule has 4 nitrogen and oxygen atoms in total. The van der Waals surface area contributed by atoms with Crippen LogP contribution in [-0.4, -0.2) is 74.9 Å². The van der Waals surface area contributed by atoms with Crippen molar-refractivity contribution in [2.45, 2.75) is 25.3 Å². The van der Waals surface area contributed by atoms with Crippen molar-refractivity contribution in [3.8, 4) is 0 Å². The van der Waals surface area contributed by atoms with E-state index >= 15 is 0 Å². The lowest BCUT2D eigenvalue weighted by molar-refractivity contribution is 0.144. The third-order valence-corrected chi connectivity index (χ3v) is 3.69. The number of rotatable bonds is 7. The van der Waals surface area contributed by atoms with Gasteiger partial charge in [-0.3, -0.25) is 0 Å². The summed E-state index contributed by atoms with van der Waals surface area (Å²) in [6.45, 7) is 5.00. The quantitative estimate of drug-likeness (QED) is 0.671. The lowest BCUT2D eigenvalue weighted by Crippen LogP contribution is -2.44. The fourth-order valence-electron chi connectivity index (χ4n) is 2.66. The number of aliphatic hydroxyl groups is 1. The molecule has 0 aromatic heterocycles. The molecule has 4 heteroatoms. The van der Waals surface area contributed by atoms with Gasteiger partial charge in [0.1, 0.15) is 0 Å². The molecule has 0 spiro atoms. The SMILES string of the molecule is CNC(CCO)CN1CCC(CN(C)C)CC1. The first-order chi connectivity index (χ1) is 8.15. The van der Waals surface area contributed by atoms with Crippen LogP contribution in [0.5, 0.6) is 0 Å². The van der Waals surface area contributed by atoms with Gasteiger partial charge in [0.15, 0.2) is 0 Å². The van der Waals surface area contributed by atoms with E-state index in [0.29, 0.717) is 6.04 Å². The van der Waals surface area contributed by atoms with Crippen LogP contribution in [-0.2, 0) is 0 Å². The van der Waals surface area contributed by atoms with Gasteiger partial charge in [-0.2, -0.15) is 0 Å². The molecule has 1 atom stereocenters. The summed E-state index contributed by atoms with van der Waals surface area (Å²) in [6.07, 6.45) is 3.48. The molecule has 0 saturated carbocycles. The van der Waals surface area contributed by atoms with Crippen LogP contribution in [0.1, 0.15) is 19.3 Å². The maximum absolute atomic E-state index is 8.97. The maximum Gasteiger partial charge on any atom is 0.0446 e. The van der Waals surface area contributed by atoms with Crippen LogP contribution >= 0.6 is 0 Å². The number of hydrogen-bond donors (Lipinski definition) is 2. The number of aliphatic hydroxyl groups excluding tert-OH is 1. The molecule has 1 heterocycles. The molecule has 1 saturated heterocycles. The molecule has 0 bridgehead atoms. The Balaban J connectivity index is 2.22. The Morgan fingerprint density at radius 3 is 2.47 bits per heavy atom. The standard InChI is InChI=1S/C13H29N3O/c1-14-13(6-9-17)11-16-7-4-12(5-8-16)10-15(2)3/h12-14,17H,4-11H2,1-3H3. The van der Waals surface area contributed by atoms with Crippen molar-refractivity contribution in [1.29, 1.82) is 0 Å². The highest BCUT2D eigenvalue weighted by molar-refractivity contribution is 4.77. The van der Waals surface area contributed by atoms with Crippen LogP contribution in [0.15, 0.2) is 0 Å². The van der Waals surface area contributed by atoms with E-state index in [1.54, 1.807) is 0 Å². The van der Waals surface area contributed by atoms with E-state index in [-0.39, 0.29) is 6.61 Å². The van der Waals surface area contributed by atoms with Gasteiger partial charge < -0.3 is 20.2 Å². The molecule has 17 heavy (non-hydrogen) atoms. The fraction of sp³-hybridized carbons (Fsp3) is 1.00. The second kappa shape index (κ2) is 8.03. The van der Waals surface area contributed by atoms with Gasteiger partial charge in [-0.15, -0.1) is 0 Å². The Morgan fingerprint density at radius 2 is 2.00 bits per heavy atom. The van der Waals surface area contributed by atoms with Gasteiger partial charge >= 0.3 is 0 Å². The Kier molecular flexibility index (Phi) is 7.04. The highest BCUT2D eigenvalue weighted by Crippen LogP contribution is 2.17. The summed E-state index contributed by atoms with van der Waals surface area (Å²) in [4.78, 5) is 4.82. The minimum atomic E-state index is 0.280. The number of likely N-dealkylation sites (tertiary alicyclic amines) is 1. The molecule has 0 aliphatic carbocycles. The third kappa shape index (κ3) is 5.82. The molecule has 102 valence electrons. The first kappa shape index (κ1) is 14.9. The van der Waals surface area contributed by atoms with Gasteiger partial charge in [0.2, 0.25) is 0 Å². The van der Waals surface area contributed by atoms with E-state index in [0.717, 1.165) is 18.9 Å². The van der Waals surface area contributed by atoms with E-state index < -0.39 is 0 Å². The van der Waals surface area contributed by atoms with Crippen molar-refractivity contribution in [1.82, 2.24) is 15.1 Å². The molecule has 0 aromatic carbocycles. The molecule has 1 aliphatic heterocycles. The van der Waals surface area contributed by atoms with Gasteiger partial charge in [-0.1, -0.05) is 0 Å². The minimum absolute atomic E-state index is 0.280. The van der Waals surface area contributed by atoms with E-state index in [4.69, 9.17) is 5.11 Å². The fourth-order valence-corrected chi connectivity index (χ4v) is 2.66. The van der Waals surface area contributed by atoms with Crippen molar-refractivity contribution in [2.75, 3.05) is 53.9 Å². The zero-order valence-corrected chi connectivity index (χ0v) is 11.7. The number of likely N-dealkylation sites (N-methyl/N-ethyl adjacent to an activating group) is 1. The van der Waals surface area contributed by atoms with Crippen molar-refractivity contribution in [3.05, 3.63) is 0 Å². The lowest BCUT2D eigenvalue weighted by atomic mass is 9.96. The van der Waals surface area contributed by atoms with Crippen molar-refractivity contribution in [3.63, 3.8) is 0 Å². The maximum atomic E-state index is 8.97. The Bertz CT molecular complexity index is 191. The highest BCUT2D eigenvalue weighted by Gasteiger charge is 2.21. The normalized spacial score (nSPS) is 21.0. The van der Waals surface area contributed by atoms with E-state index in [9.17, 15) is 0 Å². The van der Waals surface area contributed by atoms with Crippen LogP contribution in [0.25, 0.3) is 0 Å². The summed E-state index contributed by atoms with van der Waals surface area (Å²) < 4.78 is 0. The Labute approximate surface area is 106 Å². The zero-order valence-electron chi connectivity index (χ0n) is 11.7. The smallest absolute Gasteiger partial charge is 0.0446 e. The molecule has 2 N–H and O–H groups in total. The third-order valence-electron chi connectivity index (χ3n) is 3.69. The summed E-state index contributed by atoms with van der Waals surface area (Å²) in [5.74, 6) is 0.868. The monoisotopic (exact) mass is 243 g/mol. The summed E-state index contributed by atoms with van der Waals surface area (Å²) in [5.41, 5.74) is 0. The Hall–Kier alpha value is -0.160. The topological polar surface area (TPSA) is 38.7 Å². The summed E-state index contributed by atoms with van der Waals surface area (Å²) >= 11 is 0. The lowest BCUT2D eigenvalue weighted by Gasteiger charge is -2.35. The average Bonchev–Trinajstić information content (AvgIpc) is 2.30. The largest absolute Gasteiger partial charge is 0.396 e. The van der Waals surface area contributed by atoms with Crippen LogP contribution in [0.3, 0.4) is 0 Å². The van der Waals surface area contributed by atoms with E-state index in [1.807, 2.05) is 7.05 Å². The number of piperidine rings is 1. The van der Waals surface area contributed by atoms with Gasteiger partial charge in [0, 0.05) is 25.7 Å². The van der Waals surface area contributed by atoms with E-state index in [2.05, 4.69) is 29.2 Å². The second-order valence-electron chi connectivity index (χ2n) is 5.50. The summed E-state index contributed by atoms with van der Waals surface area (Å²) in [7, 11) is 6.30. The van der Waals surface area contributed by atoms with Crippen LogP contribution in [0.2, 0.25) is 0 Å². The molecule has 1 unspecified atom stereocenters. The number of nitrogens with zero attached hydrogens (tertiary/aromatic N) is 2. The minimum Gasteiger partial charge on any atom is -0.396 e. The molecule has 0 amide bonds. The average molecular weight is 243 g/mol. The summed E-state index contributed by atoms with van der Waals surface area (Å²) in [6, 6.07) is 0.436. The van der Waals surface area contributed by atoms with Crippen molar-refractivity contribution in [2.24, 2.45) is 5.92 Å². The van der Waals surface area contributed by atoms with Crippen LogP contribution in [0, 0.1) is 5.92 Å². The van der Waals surface area contributed by atoms with Crippen molar-refractivity contribution >= 4 is 0 Å². The number of hydrogen-bond acceptors (Lipinski definition) is 4. The molecule has 0 aromatic rings. The molecule has 0 radical (unpaired) electrons. The van der Waals surface area contributed by atoms with Crippen molar-refractivity contribution < 1.29 is 5.11 Å². The van der Waals surface area contributed by atoms with E-state index in [1.165, 1.54) is 32.5 Å². The van der Waals surface area contributed by atoms with Gasteiger partial charge in [0.25, 0.3) is 0 Å². The highest BCUT2D eigenvalue weighted by atomic mass is 16.3. The predicted molar refractivity (Wildman–Crippen MR) is 72.3 cm³/mol. The predicted octanol–water partition coefficient (Wildman–Crippen LogP) is 0.230. The first-order valence-electron chi connectivity index (χ1n) is 6.81. The van der Waals surface area contributed by atoms with Crippen LogP contribution < -0.4 is 5.32 Å². The molecular weight excluding hydrogens is 214 g/mol. The Morgan fingerprint density at radius 1 is 1.35 bits per heavy atom. The number of nitrogens with one attached hydrogen (secondary N) is 1. The molecular formula is C13H29N3O. The zero-order chi connectivity index (χ0) is 12.7. The molecule has 1 aliphatic rings. The first-order valence-corrected chi connectivity index (χ1v) is 6.81. The van der Waals surface area contributed by atoms with Gasteiger partial charge in [-0.25, -0.2) is 0 Å². The summed E-state index contributed by atoms with van der Waals surface area (Å²) in [5, 5.41) is 12.3. The molecule has 1 rings (SSSR count). The van der Waals surface area contributed by atoms with Gasteiger partial charge in [0.05, 0.1) is 0 Å². The molecule has 1 fully saturated rings. The second-order valence-corrected chi connectivity index (χ2v) is 5.50.